The van der Waals surface area contributed by atoms with Crippen molar-refractivity contribution >= 4 is 34.4 Å². The molecule has 2 heterocycles. The van der Waals surface area contributed by atoms with Crippen LogP contribution in [0.4, 0.5) is 13.2 Å². The number of nitrogens with two attached hydrogens (primary N) is 2. The first kappa shape index (κ1) is 34.0. The van der Waals surface area contributed by atoms with Crippen molar-refractivity contribution in [2.75, 3.05) is 6.54 Å². The van der Waals surface area contributed by atoms with E-state index in [4.69, 9.17) is 42.8 Å². The summed E-state index contributed by atoms with van der Waals surface area (Å²) in [5, 5.41) is 18.4. The van der Waals surface area contributed by atoms with E-state index in [-0.39, 0.29) is 29.8 Å². The van der Waals surface area contributed by atoms with Crippen molar-refractivity contribution < 1.29 is 42.4 Å². The Labute approximate surface area is 252 Å². The fraction of sp³-hybridized carbons (Fsp3) is 0.467. The number of unbranched alkanes of at least 4 members (excludes halogenated alkanes) is 1. The van der Waals surface area contributed by atoms with E-state index in [1.807, 2.05) is 18.4 Å². The maximum atomic E-state index is 13.9. The molecule has 0 aliphatic carbocycles. The lowest BCUT2D eigenvalue weighted by Crippen LogP contribution is -2.29. The molecule has 236 valence electrons. The molecule has 13 heteroatoms. The van der Waals surface area contributed by atoms with Gasteiger partial charge in [0, 0.05) is 29.1 Å². The number of aromatic nitrogens is 1. The molecule has 3 aromatic rings. The third-order valence-electron chi connectivity index (χ3n) is 6.91. The van der Waals surface area contributed by atoms with Crippen molar-refractivity contribution in [1.82, 2.24) is 4.57 Å². The Balaban J connectivity index is 0.000000436. The Hall–Kier alpha value is -3.48. The highest BCUT2D eigenvalue weighted by atomic mass is 35.5. The predicted octanol–water partition coefficient (Wildman–Crippen LogP) is 6.25. The number of fused-ring (bicyclic) bond motifs is 3. The third-order valence-corrected chi connectivity index (χ3v) is 7.31. The maximum Gasteiger partial charge on any atom is 0.429 e. The SMILES string of the molecule is CC(C)Oc1ccc(C(Oc2ccc3c(c2)c(Cl)c2n3CC[C@@H]2CC(=O)O)C(F)(F)F)cc1.NCCCC[C@H](N)C(=O)O. The normalized spacial score (nSPS) is 15.9. The molecular formula is C30H37ClF3N3O6. The van der Waals surface area contributed by atoms with Gasteiger partial charge in [0.25, 0.3) is 0 Å². The molecule has 0 saturated heterocycles. The van der Waals surface area contributed by atoms with Crippen LogP contribution in [0.25, 0.3) is 10.9 Å². The molecule has 0 bridgehead atoms. The number of hydrogen-bond donors (Lipinski definition) is 4. The summed E-state index contributed by atoms with van der Waals surface area (Å²) in [6.07, 6.45) is -4.14. The molecule has 43 heavy (non-hydrogen) atoms. The van der Waals surface area contributed by atoms with E-state index >= 15 is 0 Å². The second-order valence-electron chi connectivity index (χ2n) is 10.6. The van der Waals surface area contributed by atoms with Gasteiger partial charge in [-0.05, 0) is 70.0 Å². The first-order valence-corrected chi connectivity index (χ1v) is 14.3. The van der Waals surface area contributed by atoms with Gasteiger partial charge in [0.1, 0.15) is 17.5 Å². The van der Waals surface area contributed by atoms with Gasteiger partial charge < -0.3 is 35.7 Å². The van der Waals surface area contributed by atoms with Crippen LogP contribution in [0.2, 0.25) is 5.02 Å². The largest absolute Gasteiger partial charge is 0.491 e. The van der Waals surface area contributed by atoms with E-state index in [1.54, 1.807) is 6.07 Å². The number of benzene rings is 2. The number of carbonyl (C=O) groups is 2. The molecule has 0 saturated carbocycles. The van der Waals surface area contributed by atoms with Crippen LogP contribution in [-0.4, -0.2) is 51.6 Å². The Kier molecular flexibility index (Phi) is 11.7. The van der Waals surface area contributed by atoms with Crippen LogP contribution in [0.3, 0.4) is 0 Å². The molecule has 4 rings (SSSR count). The Bertz CT molecular complexity index is 1390. The molecule has 1 aliphatic heterocycles. The van der Waals surface area contributed by atoms with Gasteiger partial charge >= 0.3 is 18.1 Å². The standard InChI is InChI=1S/C24H23ClF3NO4.C6H14N2O2/c1-13(2)32-16-5-3-14(4-6-16)23(24(26,27)28)33-17-7-8-19-18(12-17)21(25)22-15(11-20(30)31)9-10-29(19)22;7-4-2-1-3-5(8)6(9)10/h3-8,12-13,15,23H,9-11H2,1-2H3,(H,30,31);5H,1-4,7-8H2,(H,9,10)/t15-,23?;5-/m10/s1. The van der Waals surface area contributed by atoms with Crippen molar-refractivity contribution in [2.45, 2.75) is 82.8 Å². The number of aliphatic carboxylic acids is 2. The lowest BCUT2D eigenvalue weighted by molar-refractivity contribution is -0.198. The van der Waals surface area contributed by atoms with E-state index in [9.17, 15) is 22.8 Å². The number of halogens is 4. The van der Waals surface area contributed by atoms with Crippen molar-refractivity contribution in [2.24, 2.45) is 11.5 Å². The van der Waals surface area contributed by atoms with E-state index in [0.717, 1.165) is 18.4 Å². The van der Waals surface area contributed by atoms with Gasteiger partial charge in [-0.1, -0.05) is 30.2 Å². The molecule has 6 N–H and O–H groups in total. The zero-order valence-electron chi connectivity index (χ0n) is 23.9. The van der Waals surface area contributed by atoms with Crippen LogP contribution in [0.1, 0.15) is 69.2 Å². The van der Waals surface area contributed by atoms with Gasteiger partial charge in [-0.15, -0.1) is 0 Å². The van der Waals surface area contributed by atoms with Gasteiger partial charge in [-0.25, -0.2) is 0 Å². The summed E-state index contributed by atoms with van der Waals surface area (Å²) in [6.45, 7) is 4.87. The number of ether oxygens (including phenoxy) is 2. The van der Waals surface area contributed by atoms with Crippen LogP contribution in [-0.2, 0) is 16.1 Å². The average molecular weight is 628 g/mol. The Morgan fingerprint density at radius 1 is 1.07 bits per heavy atom. The van der Waals surface area contributed by atoms with Crippen molar-refractivity contribution in [3.05, 3.63) is 58.7 Å². The lowest BCUT2D eigenvalue weighted by Gasteiger charge is -2.22. The predicted molar refractivity (Wildman–Crippen MR) is 157 cm³/mol. The molecular weight excluding hydrogens is 591 g/mol. The second-order valence-corrected chi connectivity index (χ2v) is 11.0. The Morgan fingerprint density at radius 3 is 2.28 bits per heavy atom. The zero-order valence-corrected chi connectivity index (χ0v) is 24.7. The minimum absolute atomic E-state index is 0.0216. The molecule has 3 atom stereocenters. The fourth-order valence-corrected chi connectivity index (χ4v) is 5.35. The molecule has 1 aromatic heterocycles. The van der Waals surface area contributed by atoms with Gasteiger partial charge in [0.05, 0.1) is 23.1 Å². The highest BCUT2D eigenvalue weighted by Crippen LogP contribution is 2.44. The number of aryl methyl sites for hydroxylation is 1. The molecule has 0 amide bonds. The summed E-state index contributed by atoms with van der Waals surface area (Å²) in [4.78, 5) is 21.3. The number of carboxylic acid groups (broad SMARTS) is 2. The van der Waals surface area contributed by atoms with Crippen molar-refractivity contribution in [1.29, 1.82) is 0 Å². The maximum absolute atomic E-state index is 13.9. The van der Waals surface area contributed by atoms with E-state index < -0.39 is 30.3 Å². The average Bonchev–Trinajstić information content (AvgIpc) is 3.45. The molecule has 1 unspecified atom stereocenters. The van der Waals surface area contributed by atoms with Crippen LogP contribution in [0.5, 0.6) is 11.5 Å². The third kappa shape index (κ3) is 9.01. The number of nitrogens with zero attached hydrogens (tertiary/aromatic N) is 1. The monoisotopic (exact) mass is 627 g/mol. The molecule has 0 radical (unpaired) electrons. The molecule has 9 nitrogen and oxygen atoms in total. The van der Waals surface area contributed by atoms with E-state index in [0.29, 0.717) is 47.8 Å². The molecule has 0 spiro atoms. The summed E-state index contributed by atoms with van der Waals surface area (Å²) >= 11 is 6.55. The van der Waals surface area contributed by atoms with E-state index in [1.165, 1.54) is 36.4 Å². The van der Waals surface area contributed by atoms with Gasteiger partial charge in [0.15, 0.2) is 0 Å². The van der Waals surface area contributed by atoms with Crippen LogP contribution >= 0.6 is 11.6 Å². The minimum atomic E-state index is -4.64. The first-order valence-electron chi connectivity index (χ1n) is 13.9. The smallest absolute Gasteiger partial charge is 0.429 e. The highest BCUT2D eigenvalue weighted by Gasteiger charge is 2.43. The fourth-order valence-electron chi connectivity index (χ4n) is 4.94. The number of alkyl halides is 3. The summed E-state index contributed by atoms with van der Waals surface area (Å²) in [5.74, 6) is -1.59. The summed E-state index contributed by atoms with van der Waals surface area (Å²) in [6, 6.07) is 9.55. The lowest BCUT2D eigenvalue weighted by atomic mass is 10.0. The molecule has 1 aliphatic rings. The van der Waals surface area contributed by atoms with Crippen LogP contribution in [0, 0.1) is 0 Å². The highest BCUT2D eigenvalue weighted by molar-refractivity contribution is 6.36. The summed E-state index contributed by atoms with van der Waals surface area (Å²) in [7, 11) is 0. The quantitative estimate of drug-likeness (QED) is 0.172. The molecule has 0 fully saturated rings. The first-order chi connectivity index (χ1) is 20.2. The minimum Gasteiger partial charge on any atom is -0.491 e. The topological polar surface area (TPSA) is 150 Å². The van der Waals surface area contributed by atoms with Crippen LogP contribution in [0.15, 0.2) is 42.5 Å². The number of rotatable bonds is 12. The second kappa shape index (κ2) is 14.8. The Morgan fingerprint density at radius 2 is 1.72 bits per heavy atom. The van der Waals surface area contributed by atoms with Gasteiger partial charge in [0.2, 0.25) is 6.10 Å². The number of carboxylic acids is 2. The summed E-state index contributed by atoms with van der Waals surface area (Å²) < 4.78 is 54.4. The zero-order chi connectivity index (χ0) is 31.9. The van der Waals surface area contributed by atoms with Gasteiger partial charge in [-0.2, -0.15) is 13.2 Å². The van der Waals surface area contributed by atoms with Crippen molar-refractivity contribution in [3.8, 4) is 11.5 Å². The summed E-state index contributed by atoms with van der Waals surface area (Å²) in [5.41, 5.74) is 11.8. The van der Waals surface area contributed by atoms with Crippen LogP contribution < -0.4 is 20.9 Å². The van der Waals surface area contributed by atoms with Gasteiger partial charge in [-0.3, -0.25) is 9.59 Å². The van der Waals surface area contributed by atoms with E-state index in [2.05, 4.69) is 0 Å². The number of hydrogen-bond acceptors (Lipinski definition) is 6. The van der Waals surface area contributed by atoms with Crippen molar-refractivity contribution in [3.63, 3.8) is 0 Å². The molecule has 2 aromatic carbocycles.